The van der Waals surface area contributed by atoms with Crippen LogP contribution in [0.5, 0.6) is 0 Å². The van der Waals surface area contributed by atoms with Crippen molar-refractivity contribution < 1.29 is 17.9 Å². The van der Waals surface area contributed by atoms with Crippen molar-refractivity contribution in [2.24, 2.45) is 5.14 Å². The highest BCUT2D eigenvalue weighted by Gasteiger charge is 2.12. The van der Waals surface area contributed by atoms with Crippen LogP contribution in [0, 0.1) is 0 Å². The minimum absolute atomic E-state index is 0.0396. The van der Waals surface area contributed by atoms with Crippen LogP contribution in [0.2, 0.25) is 0 Å². The van der Waals surface area contributed by atoms with Gasteiger partial charge in [-0.05, 0) is 24.3 Å². The van der Waals surface area contributed by atoms with Crippen LogP contribution in [-0.4, -0.2) is 67.1 Å². The zero-order valence-electron chi connectivity index (χ0n) is 14.7. The Morgan fingerprint density at radius 3 is 2.56 bits per heavy atom. The monoisotopic (exact) mass is 394 g/mol. The molecule has 1 aromatic heterocycles. The highest BCUT2D eigenvalue weighted by molar-refractivity contribution is 7.89. The van der Waals surface area contributed by atoms with E-state index >= 15 is 0 Å². The lowest BCUT2D eigenvalue weighted by atomic mass is 10.2. The molecule has 3 rings (SSSR count). The number of rotatable bonds is 7. The Morgan fingerprint density at radius 2 is 1.89 bits per heavy atom. The Balaban J connectivity index is 1.48. The summed E-state index contributed by atoms with van der Waals surface area (Å²) in [5, 5.41) is 15.9. The summed E-state index contributed by atoms with van der Waals surface area (Å²) in [6.07, 6.45) is 1.80. The summed E-state index contributed by atoms with van der Waals surface area (Å²) in [4.78, 5) is 14.4. The molecule has 0 radical (unpaired) electrons. The van der Waals surface area contributed by atoms with Crippen LogP contribution in [0.25, 0.3) is 0 Å². The van der Waals surface area contributed by atoms with Crippen molar-refractivity contribution in [2.45, 2.75) is 18.0 Å². The minimum atomic E-state index is -3.77. The van der Waals surface area contributed by atoms with Gasteiger partial charge in [-0.1, -0.05) is 5.21 Å². The van der Waals surface area contributed by atoms with Gasteiger partial charge in [0.1, 0.15) is 5.69 Å². The maximum Gasteiger partial charge on any atom is 0.251 e. The third-order valence-electron chi connectivity index (χ3n) is 4.21. The molecule has 1 amide bonds. The van der Waals surface area contributed by atoms with Crippen LogP contribution in [0.3, 0.4) is 0 Å². The standard InChI is InChI=1S/C16H22N6O4S/c17-27(24,25)15-3-1-13(2-4-15)16(23)18-11-14-12-22(20-19-14)6-5-21-7-9-26-10-8-21/h1-4,12H,5-11H2,(H,18,23)(H2,17,24,25). The van der Waals surface area contributed by atoms with Crippen molar-refractivity contribution in [1.29, 1.82) is 0 Å². The summed E-state index contributed by atoms with van der Waals surface area (Å²) in [6.45, 7) is 5.17. The molecule has 11 heteroatoms. The molecular formula is C16H22N6O4S. The number of nitrogens with zero attached hydrogens (tertiary/aromatic N) is 4. The van der Waals surface area contributed by atoms with E-state index in [2.05, 4.69) is 20.5 Å². The number of ether oxygens (including phenoxy) is 1. The Morgan fingerprint density at radius 1 is 1.19 bits per heavy atom. The molecule has 27 heavy (non-hydrogen) atoms. The Kier molecular flexibility index (Phi) is 6.16. The van der Waals surface area contributed by atoms with E-state index in [4.69, 9.17) is 9.88 Å². The van der Waals surface area contributed by atoms with Crippen molar-refractivity contribution in [1.82, 2.24) is 25.2 Å². The summed E-state index contributed by atoms with van der Waals surface area (Å²) in [6, 6.07) is 5.42. The van der Waals surface area contributed by atoms with Crippen LogP contribution < -0.4 is 10.5 Å². The van der Waals surface area contributed by atoms with Gasteiger partial charge in [0.05, 0.1) is 37.4 Å². The highest BCUT2D eigenvalue weighted by Crippen LogP contribution is 2.09. The van der Waals surface area contributed by atoms with Crippen LogP contribution >= 0.6 is 0 Å². The number of carbonyl (C=O) groups is 1. The van der Waals surface area contributed by atoms with Gasteiger partial charge in [0.2, 0.25) is 10.0 Å². The number of nitrogens with two attached hydrogens (primary N) is 1. The van der Waals surface area contributed by atoms with E-state index in [1.807, 2.05) is 0 Å². The van der Waals surface area contributed by atoms with Crippen molar-refractivity contribution in [3.8, 4) is 0 Å². The SMILES string of the molecule is NS(=O)(=O)c1ccc(C(=O)NCc2cn(CCN3CCOCC3)nn2)cc1. The summed E-state index contributed by atoms with van der Waals surface area (Å²) in [5.74, 6) is -0.334. The minimum Gasteiger partial charge on any atom is -0.379 e. The second-order valence-corrected chi connectivity index (χ2v) is 7.74. The zero-order chi connectivity index (χ0) is 19.3. The molecule has 1 fully saturated rings. The van der Waals surface area contributed by atoms with Gasteiger partial charge in [-0.25, -0.2) is 13.6 Å². The summed E-state index contributed by atoms with van der Waals surface area (Å²) >= 11 is 0. The Labute approximate surface area is 157 Å². The third kappa shape index (κ3) is 5.57. The molecule has 1 aliphatic rings. The number of hydrogen-bond acceptors (Lipinski definition) is 7. The van der Waals surface area contributed by atoms with E-state index < -0.39 is 10.0 Å². The van der Waals surface area contributed by atoms with Crippen molar-refractivity contribution in [3.63, 3.8) is 0 Å². The average molecular weight is 394 g/mol. The number of benzene rings is 1. The highest BCUT2D eigenvalue weighted by atomic mass is 32.2. The lowest BCUT2D eigenvalue weighted by molar-refractivity contribution is 0.0359. The summed E-state index contributed by atoms with van der Waals surface area (Å²) in [7, 11) is -3.77. The van der Waals surface area contributed by atoms with Crippen LogP contribution in [-0.2, 0) is 27.8 Å². The van der Waals surface area contributed by atoms with E-state index in [1.54, 1.807) is 10.9 Å². The van der Waals surface area contributed by atoms with Crippen molar-refractivity contribution in [3.05, 3.63) is 41.7 Å². The van der Waals surface area contributed by atoms with Gasteiger partial charge in [0.25, 0.3) is 5.91 Å². The number of morpholine rings is 1. The second-order valence-electron chi connectivity index (χ2n) is 6.18. The maximum absolute atomic E-state index is 12.2. The maximum atomic E-state index is 12.2. The second kappa shape index (κ2) is 8.57. The molecule has 0 spiro atoms. The van der Waals surface area contributed by atoms with E-state index in [0.29, 0.717) is 11.3 Å². The molecule has 1 saturated heterocycles. The zero-order valence-corrected chi connectivity index (χ0v) is 15.6. The first-order chi connectivity index (χ1) is 12.9. The molecule has 0 aliphatic carbocycles. The number of nitrogens with one attached hydrogen (secondary N) is 1. The predicted molar refractivity (Wildman–Crippen MR) is 96.3 cm³/mol. The van der Waals surface area contributed by atoms with Gasteiger partial charge in [0.15, 0.2) is 0 Å². The Bertz CT molecular complexity index is 875. The summed E-state index contributed by atoms with van der Waals surface area (Å²) < 4.78 is 29.5. The van der Waals surface area contributed by atoms with E-state index in [1.165, 1.54) is 24.3 Å². The topological polar surface area (TPSA) is 132 Å². The molecule has 0 unspecified atom stereocenters. The smallest absolute Gasteiger partial charge is 0.251 e. The molecule has 1 aliphatic heterocycles. The fraction of sp³-hybridized carbons (Fsp3) is 0.438. The first kappa shape index (κ1) is 19.4. The van der Waals surface area contributed by atoms with Gasteiger partial charge >= 0.3 is 0 Å². The lowest BCUT2D eigenvalue weighted by Crippen LogP contribution is -2.38. The van der Waals surface area contributed by atoms with Gasteiger partial charge in [0, 0.05) is 25.2 Å². The van der Waals surface area contributed by atoms with Gasteiger partial charge in [-0.15, -0.1) is 5.10 Å². The number of primary sulfonamides is 1. The fourth-order valence-corrected chi connectivity index (χ4v) is 3.18. The fourth-order valence-electron chi connectivity index (χ4n) is 2.67. The largest absolute Gasteiger partial charge is 0.379 e. The van der Waals surface area contributed by atoms with Crippen molar-refractivity contribution >= 4 is 15.9 Å². The molecule has 2 aromatic rings. The van der Waals surface area contributed by atoms with E-state index in [0.717, 1.165) is 39.4 Å². The molecule has 146 valence electrons. The van der Waals surface area contributed by atoms with Crippen LogP contribution in [0.4, 0.5) is 0 Å². The van der Waals surface area contributed by atoms with Gasteiger partial charge < -0.3 is 10.1 Å². The number of sulfonamides is 1. The lowest BCUT2D eigenvalue weighted by Gasteiger charge is -2.26. The van der Waals surface area contributed by atoms with E-state index in [9.17, 15) is 13.2 Å². The molecule has 0 bridgehead atoms. The van der Waals surface area contributed by atoms with Crippen LogP contribution in [0.15, 0.2) is 35.4 Å². The molecule has 1 aromatic carbocycles. The Hall–Kier alpha value is -2.34. The number of amides is 1. The molecule has 3 N–H and O–H groups in total. The first-order valence-corrected chi connectivity index (χ1v) is 10.1. The van der Waals surface area contributed by atoms with E-state index in [-0.39, 0.29) is 17.3 Å². The molecule has 0 saturated carbocycles. The molecule has 0 atom stereocenters. The van der Waals surface area contributed by atoms with Crippen molar-refractivity contribution in [2.75, 3.05) is 32.8 Å². The first-order valence-electron chi connectivity index (χ1n) is 8.52. The average Bonchev–Trinajstić information content (AvgIpc) is 3.12. The number of aromatic nitrogens is 3. The molecule has 10 nitrogen and oxygen atoms in total. The quantitative estimate of drug-likeness (QED) is 0.627. The number of hydrogen-bond donors (Lipinski definition) is 2. The van der Waals surface area contributed by atoms with Gasteiger partial charge in [-0.2, -0.15) is 0 Å². The predicted octanol–water partition coefficient (Wildman–Crippen LogP) is -0.812. The molecule has 2 heterocycles. The molecular weight excluding hydrogens is 372 g/mol. The normalized spacial score (nSPS) is 15.6. The summed E-state index contributed by atoms with van der Waals surface area (Å²) in [5.41, 5.74) is 0.980. The van der Waals surface area contributed by atoms with Gasteiger partial charge in [-0.3, -0.25) is 14.4 Å². The number of carbonyl (C=O) groups excluding carboxylic acids is 1. The third-order valence-corrected chi connectivity index (χ3v) is 5.14. The van der Waals surface area contributed by atoms with Crippen LogP contribution in [0.1, 0.15) is 16.1 Å².